The standard InChI is InChI=1S/C20H23NO/c1-3-4-6-15-9-11-16(12-10-15)17-7-5-8-19-18(17)13-14-20(22)21(19)2/h5,7-14,20,22H,3-4,6H2,1-2H3. The molecule has 1 heterocycles. The second-order valence-electron chi connectivity index (χ2n) is 5.92. The fourth-order valence-corrected chi connectivity index (χ4v) is 2.97. The van der Waals surface area contributed by atoms with Gasteiger partial charge in [-0.05, 0) is 41.7 Å². The molecule has 2 nitrogen and oxygen atoms in total. The van der Waals surface area contributed by atoms with Gasteiger partial charge in [0.05, 0.1) is 0 Å². The Morgan fingerprint density at radius 3 is 2.59 bits per heavy atom. The molecule has 0 bridgehead atoms. The molecule has 0 aliphatic carbocycles. The summed E-state index contributed by atoms with van der Waals surface area (Å²) in [6.07, 6.45) is 6.94. The normalized spacial score (nSPS) is 16.7. The number of aliphatic hydroxyl groups excluding tert-OH is 1. The molecule has 114 valence electrons. The van der Waals surface area contributed by atoms with Gasteiger partial charge in [0, 0.05) is 18.3 Å². The fraction of sp³-hybridized carbons (Fsp3) is 0.300. The van der Waals surface area contributed by atoms with Crippen LogP contribution >= 0.6 is 0 Å². The van der Waals surface area contributed by atoms with Crippen LogP contribution in [0.3, 0.4) is 0 Å². The maximum Gasteiger partial charge on any atom is 0.146 e. The van der Waals surface area contributed by atoms with Gasteiger partial charge in [-0.25, -0.2) is 0 Å². The zero-order chi connectivity index (χ0) is 15.5. The number of unbranched alkanes of at least 4 members (excludes halogenated alkanes) is 1. The minimum Gasteiger partial charge on any atom is -0.370 e. The van der Waals surface area contributed by atoms with Crippen LogP contribution in [0.15, 0.2) is 48.5 Å². The lowest BCUT2D eigenvalue weighted by Crippen LogP contribution is -2.31. The van der Waals surface area contributed by atoms with Gasteiger partial charge in [0.2, 0.25) is 0 Å². The molecule has 22 heavy (non-hydrogen) atoms. The molecule has 0 fully saturated rings. The summed E-state index contributed by atoms with van der Waals surface area (Å²) < 4.78 is 0. The predicted molar refractivity (Wildman–Crippen MR) is 93.9 cm³/mol. The van der Waals surface area contributed by atoms with E-state index in [0.29, 0.717) is 0 Å². The van der Waals surface area contributed by atoms with Crippen molar-refractivity contribution in [3.63, 3.8) is 0 Å². The van der Waals surface area contributed by atoms with Crippen LogP contribution in [0.25, 0.3) is 17.2 Å². The van der Waals surface area contributed by atoms with E-state index in [2.05, 4.69) is 49.4 Å². The van der Waals surface area contributed by atoms with E-state index in [1.165, 1.54) is 35.1 Å². The van der Waals surface area contributed by atoms with Gasteiger partial charge in [-0.2, -0.15) is 0 Å². The third-order valence-corrected chi connectivity index (χ3v) is 4.38. The maximum absolute atomic E-state index is 9.94. The third kappa shape index (κ3) is 2.79. The first-order chi connectivity index (χ1) is 10.7. The molecule has 0 saturated carbocycles. The Hall–Kier alpha value is -2.06. The van der Waals surface area contributed by atoms with Crippen molar-refractivity contribution in [1.29, 1.82) is 0 Å². The van der Waals surface area contributed by atoms with Crippen molar-refractivity contribution >= 4 is 11.8 Å². The van der Waals surface area contributed by atoms with Gasteiger partial charge >= 0.3 is 0 Å². The van der Waals surface area contributed by atoms with Crippen molar-refractivity contribution in [1.82, 2.24) is 0 Å². The number of rotatable bonds is 4. The van der Waals surface area contributed by atoms with Crippen LogP contribution < -0.4 is 4.90 Å². The van der Waals surface area contributed by atoms with Gasteiger partial charge in [0.15, 0.2) is 0 Å². The predicted octanol–water partition coefficient (Wildman–Crippen LogP) is 4.48. The fourth-order valence-electron chi connectivity index (χ4n) is 2.97. The highest BCUT2D eigenvalue weighted by molar-refractivity contribution is 5.85. The number of hydrogen-bond acceptors (Lipinski definition) is 2. The lowest BCUT2D eigenvalue weighted by molar-refractivity contribution is 0.223. The van der Waals surface area contributed by atoms with Crippen LogP contribution in [0.2, 0.25) is 0 Å². The molecule has 1 unspecified atom stereocenters. The molecule has 2 heteroatoms. The first-order valence-corrected chi connectivity index (χ1v) is 8.02. The van der Waals surface area contributed by atoms with E-state index in [0.717, 1.165) is 12.1 Å². The average molecular weight is 293 g/mol. The second-order valence-corrected chi connectivity index (χ2v) is 5.92. The van der Waals surface area contributed by atoms with Crippen molar-refractivity contribution in [2.75, 3.05) is 11.9 Å². The van der Waals surface area contributed by atoms with E-state index in [-0.39, 0.29) is 0 Å². The van der Waals surface area contributed by atoms with Crippen molar-refractivity contribution < 1.29 is 5.11 Å². The Morgan fingerprint density at radius 2 is 1.86 bits per heavy atom. The van der Waals surface area contributed by atoms with Gasteiger partial charge in [0.1, 0.15) is 6.23 Å². The molecular weight excluding hydrogens is 270 g/mol. The number of nitrogens with zero attached hydrogens (tertiary/aromatic N) is 1. The van der Waals surface area contributed by atoms with Crippen LogP contribution in [0.4, 0.5) is 5.69 Å². The van der Waals surface area contributed by atoms with Crippen molar-refractivity contribution in [2.24, 2.45) is 0 Å². The topological polar surface area (TPSA) is 23.5 Å². The van der Waals surface area contributed by atoms with Gasteiger partial charge < -0.3 is 10.0 Å². The molecule has 0 saturated heterocycles. The summed E-state index contributed by atoms with van der Waals surface area (Å²) in [5.74, 6) is 0. The highest BCUT2D eigenvalue weighted by Gasteiger charge is 2.19. The molecule has 1 atom stereocenters. The zero-order valence-corrected chi connectivity index (χ0v) is 13.3. The largest absolute Gasteiger partial charge is 0.370 e. The van der Waals surface area contributed by atoms with Crippen LogP contribution in [0, 0.1) is 0 Å². The van der Waals surface area contributed by atoms with E-state index in [1.807, 2.05) is 24.1 Å². The number of fused-ring (bicyclic) bond motifs is 1. The smallest absolute Gasteiger partial charge is 0.146 e. The van der Waals surface area contributed by atoms with Gasteiger partial charge in [-0.1, -0.05) is 55.8 Å². The summed E-state index contributed by atoms with van der Waals surface area (Å²) in [7, 11) is 1.92. The lowest BCUT2D eigenvalue weighted by atomic mass is 9.94. The molecule has 2 aromatic carbocycles. The van der Waals surface area contributed by atoms with Crippen molar-refractivity contribution in [3.8, 4) is 11.1 Å². The molecule has 2 aromatic rings. The maximum atomic E-state index is 9.94. The number of hydrogen-bond donors (Lipinski definition) is 1. The molecule has 3 rings (SSSR count). The van der Waals surface area contributed by atoms with E-state index in [4.69, 9.17) is 0 Å². The Balaban J connectivity index is 1.95. The Labute approximate surface area is 132 Å². The van der Waals surface area contributed by atoms with Crippen LogP contribution in [-0.2, 0) is 6.42 Å². The third-order valence-electron chi connectivity index (χ3n) is 4.38. The van der Waals surface area contributed by atoms with Crippen LogP contribution in [0.5, 0.6) is 0 Å². The van der Waals surface area contributed by atoms with Gasteiger partial charge in [0.25, 0.3) is 0 Å². The monoisotopic (exact) mass is 293 g/mol. The Morgan fingerprint density at radius 1 is 1.09 bits per heavy atom. The second kappa shape index (κ2) is 6.37. The first kappa shape index (κ1) is 14.9. The first-order valence-electron chi connectivity index (χ1n) is 8.02. The number of benzene rings is 2. The molecule has 0 amide bonds. The molecule has 0 spiro atoms. The highest BCUT2D eigenvalue weighted by atomic mass is 16.3. The van der Waals surface area contributed by atoms with Crippen molar-refractivity contribution in [3.05, 3.63) is 59.7 Å². The summed E-state index contributed by atoms with van der Waals surface area (Å²) in [6, 6.07) is 15.1. The summed E-state index contributed by atoms with van der Waals surface area (Å²) in [5, 5.41) is 9.94. The molecule has 1 N–H and O–H groups in total. The molecule has 1 aliphatic rings. The summed E-state index contributed by atoms with van der Waals surface area (Å²) in [4.78, 5) is 1.90. The lowest BCUT2D eigenvalue weighted by Gasteiger charge is -2.29. The van der Waals surface area contributed by atoms with E-state index >= 15 is 0 Å². The van der Waals surface area contributed by atoms with E-state index < -0.39 is 6.23 Å². The number of anilines is 1. The summed E-state index contributed by atoms with van der Waals surface area (Å²) >= 11 is 0. The molecule has 0 aromatic heterocycles. The Kier molecular flexibility index (Phi) is 4.30. The molecule has 0 radical (unpaired) electrons. The van der Waals surface area contributed by atoms with E-state index in [1.54, 1.807) is 0 Å². The number of aryl methyl sites for hydroxylation is 1. The SMILES string of the molecule is CCCCc1ccc(-c2cccc3c2C=CC(O)N3C)cc1. The van der Waals surface area contributed by atoms with E-state index in [9.17, 15) is 5.11 Å². The Bertz CT molecular complexity index is 673. The molecular formula is C20H23NO. The zero-order valence-electron chi connectivity index (χ0n) is 13.3. The summed E-state index contributed by atoms with van der Waals surface area (Å²) in [6.45, 7) is 2.22. The van der Waals surface area contributed by atoms with Gasteiger partial charge in [-0.3, -0.25) is 0 Å². The quantitative estimate of drug-likeness (QED) is 0.898. The number of likely N-dealkylation sites (N-methyl/N-ethyl adjacent to an activating group) is 1. The van der Waals surface area contributed by atoms with Crippen LogP contribution in [-0.4, -0.2) is 18.4 Å². The molecule has 1 aliphatic heterocycles. The minimum absolute atomic E-state index is 0.542. The number of aliphatic hydroxyl groups is 1. The minimum atomic E-state index is -0.542. The van der Waals surface area contributed by atoms with Crippen LogP contribution in [0.1, 0.15) is 30.9 Å². The summed E-state index contributed by atoms with van der Waals surface area (Å²) in [5.41, 5.74) is 6.10. The average Bonchev–Trinajstić information content (AvgIpc) is 2.56. The highest BCUT2D eigenvalue weighted by Crippen LogP contribution is 2.35. The van der Waals surface area contributed by atoms with Crippen molar-refractivity contribution in [2.45, 2.75) is 32.4 Å². The van der Waals surface area contributed by atoms with Gasteiger partial charge in [-0.15, -0.1) is 0 Å².